The summed E-state index contributed by atoms with van der Waals surface area (Å²) >= 11 is 5.21. The first kappa shape index (κ1) is 24.9. The van der Waals surface area contributed by atoms with Crippen LogP contribution in [0.1, 0.15) is 24.2 Å². The number of benzene rings is 2. The van der Waals surface area contributed by atoms with Crippen LogP contribution >= 0.6 is 12.2 Å². The topological polar surface area (TPSA) is 117 Å². The van der Waals surface area contributed by atoms with E-state index in [0.29, 0.717) is 18.8 Å². The number of piperazine rings is 1. The first-order chi connectivity index (χ1) is 16.2. The van der Waals surface area contributed by atoms with Gasteiger partial charge in [0.05, 0.1) is 12.0 Å². The van der Waals surface area contributed by atoms with E-state index >= 15 is 0 Å². The van der Waals surface area contributed by atoms with Crippen LogP contribution in [0, 0.1) is 16.0 Å². The van der Waals surface area contributed by atoms with E-state index in [0.717, 1.165) is 24.8 Å². The summed E-state index contributed by atoms with van der Waals surface area (Å²) in [6.45, 7) is 6.72. The molecule has 0 spiro atoms. The number of amides is 2. The Balaban J connectivity index is 1.55. The third kappa shape index (κ3) is 5.98. The molecule has 2 aromatic carbocycles. The monoisotopic (exact) mass is 485 g/mol. The van der Waals surface area contributed by atoms with Gasteiger partial charge in [-0.25, -0.2) is 0 Å². The Morgan fingerprint density at radius 2 is 1.74 bits per heavy atom. The summed E-state index contributed by atoms with van der Waals surface area (Å²) in [5.41, 5.74) is 1.49. The number of nitro benzene ring substituents is 1. The molecule has 10 nitrogen and oxygen atoms in total. The largest absolute Gasteiger partial charge is 0.490 e. The molecule has 1 fully saturated rings. The van der Waals surface area contributed by atoms with E-state index in [4.69, 9.17) is 17.0 Å². The third-order valence-electron chi connectivity index (χ3n) is 5.44. The van der Waals surface area contributed by atoms with E-state index in [2.05, 4.69) is 15.5 Å². The van der Waals surface area contributed by atoms with E-state index in [1.807, 2.05) is 43.0 Å². The van der Waals surface area contributed by atoms with Gasteiger partial charge in [-0.2, -0.15) is 0 Å². The molecule has 0 saturated carbocycles. The van der Waals surface area contributed by atoms with Crippen molar-refractivity contribution in [2.24, 2.45) is 5.92 Å². The van der Waals surface area contributed by atoms with E-state index in [-0.39, 0.29) is 33.9 Å². The molecule has 1 saturated heterocycles. The molecule has 3 rings (SSSR count). The normalized spacial score (nSPS) is 13.4. The van der Waals surface area contributed by atoms with Crippen LogP contribution in [0.5, 0.6) is 5.75 Å². The maximum Gasteiger partial charge on any atom is 0.311 e. The van der Waals surface area contributed by atoms with Crippen molar-refractivity contribution in [2.75, 3.05) is 43.5 Å². The standard InChI is InChI=1S/C23H27N5O5S/c1-15(2)22(30)27-12-10-26(11-13-27)18-7-5-17(6-8-18)24-23(34)25-21(29)16-4-9-20(33-3)19(14-16)28(31)32/h4-9,14-15H,10-13H2,1-3H3,(H2,24,25,29,34). The fourth-order valence-electron chi connectivity index (χ4n) is 3.62. The Bertz CT molecular complexity index is 1080. The number of nitrogens with zero attached hydrogens (tertiary/aromatic N) is 3. The van der Waals surface area contributed by atoms with Crippen LogP contribution in [-0.4, -0.2) is 60.0 Å². The molecule has 0 unspecified atom stereocenters. The highest BCUT2D eigenvalue weighted by Crippen LogP contribution is 2.27. The summed E-state index contributed by atoms with van der Waals surface area (Å²) < 4.78 is 4.95. The van der Waals surface area contributed by atoms with Gasteiger partial charge in [-0.15, -0.1) is 0 Å². The Kier molecular flexibility index (Phi) is 8.00. The summed E-state index contributed by atoms with van der Waals surface area (Å²) in [6, 6.07) is 11.5. The first-order valence-corrected chi connectivity index (χ1v) is 11.2. The van der Waals surface area contributed by atoms with E-state index in [9.17, 15) is 19.7 Å². The second-order valence-electron chi connectivity index (χ2n) is 8.07. The highest BCUT2D eigenvalue weighted by molar-refractivity contribution is 7.80. The molecule has 2 aromatic rings. The third-order valence-corrected chi connectivity index (χ3v) is 5.64. The number of nitrogens with one attached hydrogen (secondary N) is 2. The first-order valence-electron chi connectivity index (χ1n) is 10.8. The van der Waals surface area contributed by atoms with Gasteiger partial charge in [-0.1, -0.05) is 13.8 Å². The molecular weight excluding hydrogens is 458 g/mol. The van der Waals surface area contributed by atoms with Crippen LogP contribution in [0.15, 0.2) is 42.5 Å². The van der Waals surface area contributed by atoms with Crippen molar-refractivity contribution in [3.8, 4) is 5.75 Å². The maximum absolute atomic E-state index is 12.5. The minimum absolute atomic E-state index is 0.000996. The average molecular weight is 486 g/mol. The van der Waals surface area contributed by atoms with Crippen molar-refractivity contribution in [2.45, 2.75) is 13.8 Å². The van der Waals surface area contributed by atoms with Crippen LogP contribution in [0.3, 0.4) is 0 Å². The number of thiocarbonyl (C=S) groups is 1. The molecule has 0 aromatic heterocycles. The second kappa shape index (κ2) is 10.9. The van der Waals surface area contributed by atoms with Gasteiger partial charge in [0.1, 0.15) is 0 Å². The van der Waals surface area contributed by atoms with Crippen molar-refractivity contribution in [3.63, 3.8) is 0 Å². The molecule has 2 N–H and O–H groups in total. The molecular formula is C23H27N5O5S. The Morgan fingerprint density at radius 3 is 2.29 bits per heavy atom. The molecule has 11 heteroatoms. The molecule has 2 amide bonds. The number of ether oxygens (including phenoxy) is 1. The average Bonchev–Trinajstić information content (AvgIpc) is 2.83. The molecule has 1 heterocycles. The van der Waals surface area contributed by atoms with E-state index in [1.54, 1.807) is 0 Å². The number of hydrogen-bond acceptors (Lipinski definition) is 7. The summed E-state index contributed by atoms with van der Waals surface area (Å²) in [6.07, 6.45) is 0. The summed E-state index contributed by atoms with van der Waals surface area (Å²) in [4.78, 5) is 39.3. The summed E-state index contributed by atoms with van der Waals surface area (Å²) in [5.74, 6) is -0.330. The SMILES string of the molecule is COc1ccc(C(=O)NC(=S)Nc2ccc(N3CCN(C(=O)C(C)C)CC3)cc2)cc1[N+](=O)[O-]. The van der Waals surface area contributed by atoms with Gasteiger partial charge in [-0.3, -0.25) is 25.0 Å². The van der Waals surface area contributed by atoms with Crippen molar-refractivity contribution < 1.29 is 19.2 Å². The van der Waals surface area contributed by atoms with Crippen molar-refractivity contribution in [3.05, 3.63) is 58.1 Å². The lowest BCUT2D eigenvalue weighted by molar-refractivity contribution is -0.385. The zero-order chi connectivity index (χ0) is 24.8. The van der Waals surface area contributed by atoms with Gasteiger partial charge in [-0.05, 0) is 48.6 Å². The maximum atomic E-state index is 12.5. The highest BCUT2D eigenvalue weighted by Gasteiger charge is 2.23. The van der Waals surface area contributed by atoms with Gasteiger partial charge in [0.25, 0.3) is 5.91 Å². The summed E-state index contributed by atoms with van der Waals surface area (Å²) in [5, 5.41) is 16.7. The number of nitro groups is 1. The quantitative estimate of drug-likeness (QED) is 0.364. The van der Waals surface area contributed by atoms with Gasteiger partial charge >= 0.3 is 5.69 Å². The van der Waals surface area contributed by atoms with Crippen LogP contribution in [0.25, 0.3) is 0 Å². The zero-order valence-corrected chi connectivity index (χ0v) is 20.1. The Morgan fingerprint density at radius 1 is 1.09 bits per heavy atom. The second-order valence-corrected chi connectivity index (χ2v) is 8.47. The van der Waals surface area contributed by atoms with Gasteiger partial charge in [0, 0.05) is 55.1 Å². The van der Waals surface area contributed by atoms with Crippen LogP contribution in [0.4, 0.5) is 17.1 Å². The zero-order valence-electron chi connectivity index (χ0n) is 19.2. The fourth-order valence-corrected chi connectivity index (χ4v) is 3.83. The molecule has 1 aliphatic rings. The number of rotatable bonds is 6. The molecule has 34 heavy (non-hydrogen) atoms. The number of carbonyl (C=O) groups is 2. The van der Waals surface area contributed by atoms with Crippen LogP contribution in [-0.2, 0) is 4.79 Å². The lowest BCUT2D eigenvalue weighted by atomic mass is 10.1. The predicted octanol–water partition coefficient (Wildman–Crippen LogP) is 3.03. The molecule has 0 bridgehead atoms. The summed E-state index contributed by atoms with van der Waals surface area (Å²) in [7, 11) is 1.32. The fraction of sp³-hybridized carbons (Fsp3) is 0.348. The highest BCUT2D eigenvalue weighted by atomic mass is 32.1. The molecule has 0 atom stereocenters. The Hall–Kier alpha value is -3.73. The van der Waals surface area contributed by atoms with E-state index in [1.165, 1.54) is 19.2 Å². The molecule has 0 aliphatic carbocycles. The van der Waals surface area contributed by atoms with Gasteiger partial charge in [0.2, 0.25) is 5.91 Å². The number of hydrogen-bond donors (Lipinski definition) is 2. The van der Waals surface area contributed by atoms with Crippen molar-refractivity contribution in [1.82, 2.24) is 10.2 Å². The predicted molar refractivity (Wildman–Crippen MR) is 133 cm³/mol. The molecule has 1 aliphatic heterocycles. The Labute approximate surface area is 203 Å². The molecule has 180 valence electrons. The smallest absolute Gasteiger partial charge is 0.311 e. The van der Waals surface area contributed by atoms with E-state index < -0.39 is 10.8 Å². The van der Waals surface area contributed by atoms with Gasteiger partial charge < -0.3 is 19.9 Å². The number of carbonyl (C=O) groups excluding carboxylic acids is 2. The minimum Gasteiger partial charge on any atom is -0.490 e. The van der Waals surface area contributed by atoms with Crippen LogP contribution < -0.4 is 20.3 Å². The van der Waals surface area contributed by atoms with Gasteiger partial charge in [0.15, 0.2) is 10.9 Å². The number of methoxy groups -OCH3 is 1. The minimum atomic E-state index is -0.615. The van der Waals surface area contributed by atoms with Crippen molar-refractivity contribution in [1.29, 1.82) is 0 Å². The van der Waals surface area contributed by atoms with Crippen LogP contribution in [0.2, 0.25) is 0 Å². The van der Waals surface area contributed by atoms with Crippen molar-refractivity contribution >= 4 is 46.2 Å². The lowest BCUT2D eigenvalue weighted by Gasteiger charge is -2.37. The molecule has 0 radical (unpaired) electrons. The lowest BCUT2D eigenvalue weighted by Crippen LogP contribution is -2.49. The number of anilines is 2.